The van der Waals surface area contributed by atoms with Crippen LogP contribution in [0.25, 0.3) is 0 Å². The van der Waals surface area contributed by atoms with Crippen LogP contribution in [0.2, 0.25) is 0 Å². The predicted molar refractivity (Wildman–Crippen MR) is 153 cm³/mol. The van der Waals surface area contributed by atoms with Gasteiger partial charge in [-0.3, -0.25) is 9.69 Å². The molecule has 8 heteroatoms. The number of amides is 1. The Morgan fingerprint density at radius 2 is 1.53 bits per heavy atom. The van der Waals surface area contributed by atoms with Gasteiger partial charge in [-0.05, 0) is 68.6 Å². The van der Waals surface area contributed by atoms with E-state index in [1.165, 1.54) is 16.8 Å². The lowest BCUT2D eigenvalue weighted by Gasteiger charge is -2.37. The van der Waals surface area contributed by atoms with Gasteiger partial charge in [0.2, 0.25) is 15.9 Å². The lowest BCUT2D eigenvalue weighted by atomic mass is 10.1. The molecule has 0 aromatic heterocycles. The van der Waals surface area contributed by atoms with Gasteiger partial charge < -0.3 is 10.2 Å². The number of anilines is 1. The number of benzene rings is 3. The topological polar surface area (TPSA) is 81.7 Å². The van der Waals surface area contributed by atoms with Gasteiger partial charge in [-0.15, -0.1) is 0 Å². The number of piperazine rings is 1. The van der Waals surface area contributed by atoms with Gasteiger partial charge in [-0.1, -0.05) is 60.2 Å². The van der Waals surface area contributed by atoms with Gasteiger partial charge in [0.05, 0.1) is 4.90 Å². The van der Waals surface area contributed by atoms with Crippen molar-refractivity contribution in [2.24, 2.45) is 0 Å². The SMILES string of the molecule is Cc1ccc(S(=O)(=O)NC(C(=O)NCCCN2CCN(c3cc(C)ccc3C)CC2)c2ccccc2)cc1. The van der Waals surface area contributed by atoms with Crippen LogP contribution in [0, 0.1) is 20.8 Å². The molecule has 0 aliphatic carbocycles. The Morgan fingerprint density at radius 3 is 2.21 bits per heavy atom. The number of hydrogen-bond donors (Lipinski definition) is 2. The molecule has 2 N–H and O–H groups in total. The van der Waals surface area contributed by atoms with E-state index in [0.29, 0.717) is 12.1 Å². The quantitative estimate of drug-likeness (QED) is 0.385. The van der Waals surface area contributed by atoms with E-state index in [4.69, 9.17) is 0 Å². The average Bonchev–Trinajstić information content (AvgIpc) is 2.92. The second kappa shape index (κ2) is 12.6. The third-order valence-electron chi connectivity index (χ3n) is 7.03. The molecule has 4 rings (SSSR count). The fourth-order valence-electron chi connectivity index (χ4n) is 4.75. The van der Waals surface area contributed by atoms with Crippen molar-refractivity contribution in [3.05, 3.63) is 95.1 Å². The highest BCUT2D eigenvalue weighted by Gasteiger charge is 2.27. The van der Waals surface area contributed by atoms with Crippen LogP contribution in [0.5, 0.6) is 0 Å². The fourth-order valence-corrected chi connectivity index (χ4v) is 5.93. The first-order valence-electron chi connectivity index (χ1n) is 13.2. The highest BCUT2D eigenvalue weighted by atomic mass is 32.2. The fraction of sp³-hybridized carbons (Fsp3) is 0.367. The first kappa shape index (κ1) is 27.8. The lowest BCUT2D eigenvalue weighted by molar-refractivity contribution is -0.122. The van der Waals surface area contributed by atoms with Crippen molar-refractivity contribution in [1.82, 2.24) is 14.9 Å². The maximum Gasteiger partial charge on any atom is 0.242 e. The van der Waals surface area contributed by atoms with Crippen molar-refractivity contribution >= 4 is 21.6 Å². The molecule has 1 heterocycles. The molecule has 202 valence electrons. The van der Waals surface area contributed by atoms with Crippen LogP contribution < -0.4 is 14.9 Å². The van der Waals surface area contributed by atoms with E-state index in [1.807, 2.05) is 13.0 Å². The summed E-state index contributed by atoms with van der Waals surface area (Å²) in [7, 11) is -3.87. The lowest BCUT2D eigenvalue weighted by Crippen LogP contribution is -2.47. The molecular formula is C30H38N4O3S. The number of sulfonamides is 1. The third-order valence-corrected chi connectivity index (χ3v) is 8.47. The first-order chi connectivity index (χ1) is 18.2. The number of nitrogens with zero attached hydrogens (tertiary/aromatic N) is 2. The Morgan fingerprint density at radius 1 is 0.868 bits per heavy atom. The van der Waals surface area contributed by atoms with Crippen LogP contribution in [-0.2, 0) is 14.8 Å². The molecule has 1 amide bonds. The minimum atomic E-state index is -3.87. The third kappa shape index (κ3) is 7.22. The van der Waals surface area contributed by atoms with E-state index in [2.05, 4.69) is 51.9 Å². The van der Waals surface area contributed by atoms with E-state index in [9.17, 15) is 13.2 Å². The summed E-state index contributed by atoms with van der Waals surface area (Å²) < 4.78 is 28.7. The van der Waals surface area contributed by atoms with Crippen LogP contribution in [0.4, 0.5) is 5.69 Å². The molecule has 1 atom stereocenters. The number of hydrogen-bond acceptors (Lipinski definition) is 5. The van der Waals surface area contributed by atoms with Crippen LogP contribution in [0.15, 0.2) is 77.7 Å². The van der Waals surface area contributed by atoms with Crippen molar-refractivity contribution in [3.63, 3.8) is 0 Å². The number of aryl methyl sites for hydroxylation is 3. The normalized spacial score (nSPS) is 15.3. The van der Waals surface area contributed by atoms with Crippen LogP contribution in [0.1, 0.15) is 34.7 Å². The Labute approximate surface area is 226 Å². The van der Waals surface area contributed by atoms with Gasteiger partial charge in [0, 0.05) is 38.4 Å². The molecule has 0 bridgehead atoms. The standard InChI is InChI=1S/C30H38N4O3S/c1-23-11-14-27(15-12-23)38(36,37)32-29(26-8-5-4-6-9-26)30(35)31-16-7-17-33-18-20-34(21-19-33)28-22-24(2)10-13-25(28)3/h4-6,8-15,22,29,32H,7,16-21H2,1-3H3,(H,31,35). The molecule has 1 aliphatic heterocycles. The van der Waals surface area contributed by atoms with Gasteiger partial charge in [0.25, 0.3) is 0 Å². The molecule has 1 fully saturated rings. The summed E-state index contributed by atoms with van der Waals surface area (Å²) in [5, 5.41) is 2.95. The second-order valence-corrected chi connectivity index (χ2v) is 11.8. The maximum atomic E-state index is 13.2. The van der Waals surface area contributed by atoms with E-state index in [0.717, 1.165) is 44.7 Å². The van der Waals surface area contributed by atoms with Gasteiger partial charge in [-0.2, -0.15) is 4.72 Å². The van der Waals surface area contributed by atoms with Gasteiger partial charge in [-0.25, -0.2) is 8.42 Å². The summed E-state index contributed by atoms with van der Waals surface area (Å²) in [4.78, 5) is 18.2. The minimum absolute atomic E-state index is 0.136. The summed E-state index contributed by atoms with van der Waals surface area (Å²) in [6, 6.07) is 21.1. The monoisotopic (exact) mass is 534 g/mol. The number of carbonyl (C=O) groups is 1. The van der Waals surface area contributed by atoms with Crippen LogP contribution in [-0.4, -0.2) is 58.5 Å². The summed E-state index contributed by atoms with van der Waals surface area (Å²) >= 11 is 0. The van der Waals surface area contributed by atoms with Crippen molar-refractivity contribution < 1.29 is 13.2 Å². The summed E-state index contributed by atoms with van der Waals surface area (Å²) in [5.74, 6) is -0.355. The molecule has 1 saturated heterocycles. The summed E-state index contributed by atoms with van der Waals surface area (Å²) in [6.45, 7) is 11.5. The zero-order valence-electron chi connectivity index (χ0n) is 22.5. The van der Waals surface area contributed by atoms with E-state index in [1.54, 1.807) is 48.5 Å². The van der Waals surface area contributed by atoms with E-state index in [-0.39, 0.29) is 10.8 Å². The highest BCUT2D eigenvalue weighted by molar-refractivity contribution is 7.89. The molecule has 7 nitrogen and oxygen atoms in total. The summed E-state index contributed by atoms with van der Waals surface area (Å²) in [6.07, 6.45) is 0.793. The predicted octanol–water partition coefficient (Wildman–Crippen LogP) is 3.96. The van der Waals surface area contributed by atoms with Crippen molar-refractivity contribution in [3.8, 4) is 0 Å². The Bertz CT molecular complexity index is 1320. The Hall–Kier alpha value is -3.20. The second-order valence-electron chi connectivity index (χ2n) is 10.0. The average molecular weight is 535 g/mol. The van der Waals surface area contributed by atoms with E-state index < -0.39 is 16.1 Å². The molecule has 0 saturated carbocycles. The minimum Gasteiger partial charge on any atom is -0.369 e. The molecule has 3 aromatic carbocycles. The molecule has 38 heavy (non-hydrogen) atoms. The maximum absolute atomic E-state index is 13.2. The van der Waals surface area contributed by atoms with Crippen molar-refractivity contribution in [2.75, 3.05) is 44.2 Å². The van der Waals surface area contributed by atoms with E-state index >= 15 is 0 Å². The zero-order chi connectivity index (χ0) is 27.1. The number of rotatable bonds is 10. The van der Waals surface area contributed by atoms with Crippen LogP contribution >= 0.6 is 0 Å². The summed E-state index contributed by atoms with van der Waals surface area (Å²) in [5.41, 5.74) is 5.46. The molecule has 0 spiro atoms. The largest absolute Gasteiger partial charge is 0.369 e. The van der Waals surface area contributed by atoms with Gasteiger partial charge in [0.15, 0.2) is 0 Å². The van der Waals surface area contributed by atoms with Crippen molar-refractivity contribution in [2.45, 2.75) is 38.1 Å². The van der Waals surface area contributed by atoms with Crippen molar-refractivity contribution in [1.29, 1.82) is 0 Å². The number of nitrogens with one attached hydrogen (secondary N) is 2. The Balaban J connectivity index is 1.30. The van der Waals surface area contributed by atoms with Gasteiger partial charge in [0.1, 0.15) is 6.04 Å². The number of carbonyl (C=O) groups excluding carboxylic acids is 1. The molecule has 3 aromatic rings. The first-order valence-corrected chi connectivity index (χ1v) is 14.7. The molecule has 1 aliphatic rings. The smallest absolute Gasteiger partial charge is 0.242 e. The molecule has 1 unspecified atom stereocenters. The van der Waals surface area contributed by atoms with Gasteiger partial charge >= 0.3 is 0 Å². The highest BCUT2D eigenvalue weighted by Crippen LogP contribution is 2.23. The van der Waals surface area contributed by atoms with Crippen LogP contribution in [0.3, 0.4) is 0 Å². The Kier molecular flexibility index (Phi) is 9.20. The molecule has 0 radical (unpaired) electrons. The molecular weight excluding hydrogens is 496 g/mol. The zero-order valence-corrected chi connectivity index (χ0v) is 23.3.